The van der Waals surface area contributed by atoms with Crippen molar-refractivity contribution in [3.63, 3.8) is 0 Å². The Balaban J connectivity index is 1.84. The van der Waals surface area contributed by atoms with Crippen LogP contribution >= 0.6 is 0 Å². The maximum Gasteiger partial charge on any atom is 0.311 e. The van der Waals surface area contributed by atoms with Crippen LogP contribution in [0.4, 0.5) is 0 Å². The predicted molar refractivity (Wildman–Crippen MR) is 65.8 cm³/mol. The summed E-state index contributed by atoms with van der Waals surface area (Å²) in [6.07, 6.45) is 3.13. The van der Waals surface area contributed by atoms with Gasteiger partial charge in [-0.1, -0.05) is 6.92 Å². The van der Waals surface area contributed by atoms with Gasteiger partial charge in [-0.3, -0.25) is 4.79 Å². The first-order valence-electron chi connectivity index (χ1n) is 7.30. The van der Waals surface area contributed by atoms with Gasteiger partial charge in [-0.25, -0.2) is 0 Å². The van der Waals surface area contributed by atoms with Gasteiger partial charge in [-0.2, -0.15) is 0 Å². The minimum Gasteiger partial charge on any atom is -0.432 e. The Bertz CT molecular complexity index is 441. The van der Waals surface area contributed by atoms with E-state index in [-0.39, 0.29) is 29.8 Å². The Morgan fingerprint density at radius 3 is 2.84 bits per heavy atom. The zero-order chi connectivity index (χ0) is 13.4. The summed E-state index contributed by atoms with van der Waals surface area (Å²) < 4.78 is 17.8. The van der Waals surface area contributed by atoms with E-state index >= 15 is 0 Å². The van der Waals surface area contributed by atoms with Gasteiger partial charge in [-0.15, -0.1) is 0 Å². The van der Waals surface area contributed by atoms with Gasteiger partial charge < -0.3 is 19.9 Å². The number of esters is 1. The van der Waals surface area contributed by atoms with Crippen LogP contribution in [-0.2, 0) is 19.0 Å². The topological polar surface area (TPSA) is 70.8 Å². The average Bonchev–Trinajstić information content (AvgIpc) is 2.56. The Labute approximate surface area is 112 Å². The summed E-state index contributed by atoms with van der Waals surface area (Å²) in [4.78, 5) is 12.0. The van der Waals surface area contributed by atoms with E-state index < -0.39 is 17.7 Å². The van der Waals surface area contributed by atoms with Crippen LogP contribution in [0.15, 0.2) is 0 Å². The van der Waals surface area contributed by atoms with Crippen LogP contribution in [0.25, 0.3) is 0 Å². The number of hydrogen-bond donors (Lipinski definition) is 1. The second kappa shape index (κ2) is 3.51. The van der Waals surface area contributed by atoms with E-state index in [9.17, 15) is 4.79 Å². The summed E-state index contributed by atoms with van der Waals surface area (Å²) in [5.74, 6) is -0.487. The second-order valence-corrected chi connectivity index (χ2v) is 6.76. The van der Waals surface area contributed by atoms with Crippen molar-refractivity contribution >= 4 is 5.97 Å². The quantitative estimate of drug-likeness (QED) is 0.667. The number of nitrogens with two attached hydrogens (primary N) is 1. The van der Waals surface area contributed by atoms with Gasteiger partial charge in [0.1, 0.15) is 5.60 Å². The predicted octanol–water partition coefficient (Wildman–Crippen LogP) is 1.15. The summed E-state index contributed by atoms with van der Waals surface area (Å²) >= 11 is 0. The van der Waals surface area contributed by atoms with E-state index in [1.165, 1.54) is 0 Å². The molecule has 0 amide bonds. The highest BCUT2D eigenvalue weighted by Gasteiger charge is 2.72. The first-order chi connectivity index (χ1) is 8.96. The van der Waals surface area contributed by atoms with Crippen molar-refractivity contribution in [3.05, 3.63) is 0 Å². The molecule has 106 valence electrons. The van der Waals surface area contributed by atoms with Gasteiger partial charge in [-0.05, 0) is 26.2 Å². The van der Waals surface area contributed by atoms with Crippen molar-refractivity contribution in [1.82, 2.24) is 0 Å². The molecule has 0 aromatic heterocycles. The first kappa shape index (κ1) is 12.1. The maximum atomic E-state index is 12.0. The first-order valence-corrected chi connectivity index (χ1v) is 7.30. The normalized spacial score (nSPS) is 59.5. The van der Waals surface area contributed by atoms with E-state index in [0.29, 0.717) is 0 Å². The summed E-state index contributed by atoms with van der Waals surface area (Å²) in [7, 11) is 0. The Hall–Kier alpha value is -0.650. The Morgan fingerprint density at radius 2 is 2.05 bits per heavy atom. The smallest absolute Gasteiger partial charge is 0.311 e. The molecular weight excluding hydrogens is 246 g/mol. The molecule has 19 heavy (non-hydrogen) atoms. The van der Waals surface area contributed by atoms with Crippen LogP contribution in [0.5, 0.6) is 0 Å². The molecule has 0 aromatic carbocycles. The number of hydrogen-bond acceptors (Lipinski definition) is 5. The van der Waals surface area contributed by atoms with Crippen molar-refractivity contribution in [2.75, 3.05) is 0 Å². The summed E-state index contributed by atoms with van der Waals surface area (Å²) in [6.45, 7) is 3.89. The molecule has 3 saturated heterocycles. The summed E-state index contributed by atoms with van der Waals surface area (Å²) in [5.41, 5.74) is 5.82. The second-order valence-electron chi connectivity index (χ2n) is 6.76. The van der Waals surface area contributed by atoms with Crippen molar-refractivity contribution < 1.29 is 19.0 Å². The Morgan fingerprint density at radius 1 is 1.26 bits per heavy atom. The van der Waals surface area contributed by atoms with Gasteiger partial charge >= 0.3 is 5.97 Å². The standard InChI is InChI=1S/C14H21NO4/c1-7-8-3-4-10(15)9-5-6-13(2)18-12(17-11(7)16)14(8,9)19-13/h7-10,12H,3-6,15H2,1-2H3/t7-,8+,9+,10-,12-,13-,14+/m1/s1. The number of ether oxygens (including phenoxy) is 3. The fourth-order valence-electron chi connectivity index (χ4n) is 4.78. The highest BCUT2D eigenvalue weighted by Crippen LogP contribution is 2.61. The molecule has 3 heterocycles. The maximum absolute atomic E-state index is 12.0. The van der Waals surface area contributed by atoms with E-state index in [1.807, 2.05) is 13.8 Å². The largest absolute Gasteiger partial charge is 0.432 e. The van der Waals surface area contributed by atoms with Gasteiger partial charge in [0.2, 0.25) is 6.29 Å². The number of fused-ring (bicyclic) bond motifs is 1. The van der Waals surface area contributed by atoms with E-state index in [4.69, 9.17) is 19.9 Å². The monoisotopic (exact) mass is 267 g/mol. The van der Waals surface area contributed by atoms with Gasteiger partial charge in [0.25, 0.3) is 0 Å². The van der Waals surface area contributed by atoms with Gasteiger partial charge in [0, 0.05) is 24.3 Å². The molecule has 5 heteroatoms. The van der Waals surface area contributed by atoms with Crippen LogP contribution < -0.4 is 5.73 Å². The lowest BCUT2D eigenvalue weighted by atomic mass is 9.59. The molecular formula is C14H21NO4. The summed E-state index contributed by atoms with van der Waals surface area (Å²) in [6, 6.07) is 0.119. The minimum absolute atomic E-state index is 0.119. The molecule has 0 aromatic rings. The van der Waals surface area contributed by atoms with Crippen molar-refractivity contribution in [3.8, 4) is 0 Å². The average molecular weight is 267 g/mol. The molecule has 3 aliphatic heterocycles. The third-order valence-corrected chi connectivity index (χ3v) is 5.71. The number of rotatable bonds is 0. The number of carbonyl (C=O) groups is 1. The molecule has 1 spiro atoms. The van der Waals surface area contributed by atoms with E-state index in [0.717, 1.165) is 25.7 Å². The fraction of sp³-hybridized carbons (Fsp3) is 0.929. The lowest BCUT2D eigenvalue weighted by molar-refractivity contribution is -0.257. The molecule has 2 bridgehead atoms. The van der Waals surface area contributed by atoms with Gasteiger partial charge in [0.05, 0.1) is 5.92 Å². The zero-order valence-corrected chi connectivity index (χ0v) is 11.4. The SMILES string of the molecule is C[C@H]1C(=O)O[C@@H]2O[C@@]3(C)CC[C@H]4[C@H](N)CC[C@@H]1[C@@]24O3. The molecule has 0 radical (unpaired) electrons. The van der Waals surface area contributed by atoms with Crippen LogP contribution in [0.2, 0.25) is 0 Å². The Kier molecular flexibility index (Phi) is 2.24. The van der Waals surface area contributed by atoms with Crippen molar-refractivity contribution in [2.45, 2.75) is 63.3 Å². The van der Waals surface area contributed by atoms with E-state index in [1.54, 1.807) is 0 Å². The highest BCUT2D eigenvalue weighted by atomic mass is 16.8. The molecule has 7 atom stereocenters. The molecule has 2 N–H and O–H groups in total. The van der Waals surface area contributed by atoms with Crippen LogP contribution in [-0.4, -0.2) is 29.7 Å². The molecule has 4 rings (SSSR count). The van der Waals surface area contributed by atoms with Crippen LogP contribution in [0, 0.1) is 17.8 Å². The van der Waals surface area contributed by atoms with Gasteiger partial charge in [0.15, 0.2) is 5.79 Å². The molecule has 1 aliphatic carbocycles. The molecule has 4 aliphatic rings. The lowest BCUT2D eigenvalue weighted by Crippen LogP contribution is -2.67. The van der Waals surface area contributed by atoms with Crippen molar-refractivity contribution in [2.24, 2.45) is 23.5 Å². The molecule has 0 unspecified atom stereocenters. The lowest BCUT2D eigenvalue weighted by Gasteiger charge is -2.55. The number of carbonyl (C=O) groups excluding carboxylic acids is 1. The van der Waals surface area contributed by atoms with Crippen LogP contribution in [0.1, 0.15) is 39.5 Å². The van der Waals surface area contributed by atoms with Crippen molar-refractivity contribution in [1.29, 1.82) is 0 Å². The third kappa shape index (κ3) is 1.33. The minimum atomic E-state index is -0.610. The third-order valence-electron chi connectivity index (χ3n) is 5.71. The highest BCUT2D eigenvalue weighted by molar-refractivity contribution is 5.74. The summed E-state index contributed by atoms with van der Waals surface area (Å²) in [5, 5.41) is 0. The molecule has 5 nitrogen and oxygen atoms in total. The fourth-order valence-corrected chi connectivity index (χ4v) is 4.78. The van der Waals surface area contributed by atoms with Crippen LogP contribution in [0.3, 0.4) is 0 Å². The molecule has 4 fully saturated rings. The van der Waals surface area contributed by atoms with E-state index in [2.05, 4.69) is 0 Å². The zero-order valence-electron chi connectivity index (χ0n) is 11.4. The molecule has 1 saturated carbocycles.